The van der Waals surface area contributed by atoms with Gasteiger partial charge in [0, 0.05) is 53.2 Å². The summed E-state index contributed by atoms with van der Waals surface area (Å²) in [6.45, 7) is 0. The van der Waals surface area contributed by atoms with Crippen molar-refractivity contribution in [3.05, 3.63) is 139 Å². The van der Waals surface area contributed by atoms with Crippen LogP contribution in [0.15, 0.2) is 144 Å². The molecular formula is C39H23N3OS. The Balaban J connectivity index is 1.34. The Morgan fingerprint density at radius 2 is 1.00 bits per heavy atom. The van der Waals surface area contributed by atoms with Gasteiger partial charge in [0.05, 0.1) is 19.3 Å². The lowest BCUT2D eigenvalue weighted by atomic mass is 10.00. The molecule has 3 aromatic heterocycles. The number of hydrogen-bond acceptors (Lipinski definition) is 5. The number of hydrogen-bond donors (Lipinski definition) is 0. The van der Waals surface area contributed by atoms with E-state index in [4.69, 9.17) is 18.1 Å². The van der Waals surface area contributed by atoms with Crippen LogP contribution in [0.4, 0.5) is 0 Å². The first-order chi connectivity index (χ1) is 26.0. The Bertz CT molecular complexity index is 2940. The molecule has 3 heterocycles. The van der Waals surface area contributed by atoms with E-state index in [1.54, 1.807) is 23.5 Å². The van der Waals surface area contributed by atoms with E-state index in [1.807, 2.05) is 42.5 Å². The molecule has 0 aliphatic heterocycles. The van der Waals surface area contributed by atoms with Gasteiger partial charge in [0.2, 0.25) is 0 Å². The Morgan fingerprint density at radius 3 is 1.68 bits per heavy atom. The number of rotatable bonds is 4. The van der Waals surface area contributed by atoms with Crippen molar-refractivity contribution in [2.75, 3.05) is 0 Å². The molecule has 206 valence electrons. The van der Waals surface area contributed by atoms with Crippen LogP contribution in [0.1, 0.15) is 13.7 Å². The average Bonchev–Trinajstić information content (AvgIpc) is 3.77. The van der Waals surface area contributed by atoms with E-state index in [9.17, 15) is 0 Å². The summed E-state index contributed by atoms with van der Waals surface area (Å²) in [5.74, 6) is -0.750. The molecule has 44 heavy (non-hydrogen) atoms. The summed E-state index contributed by atoms with van der Waals surface area (Å²) in [5, 5.41) is 3.83. The number of aromatic nitrogens is 3. The molecule has 0 aliphatic rings. The summed E-state index contributed by atoms with van der Waals surface area (Å²) in [5.41, 5.74) is 2.51. The maximum Gasteiger partial charge on any atom is 0.167 e. The zero-order chi connectivity index (χ0) is 37.7. The maximum atomic E-state index is 8.66. The molecule has 5 heteroatoms. The molecule has 0 fully saturated rings. The molecule has 0 spiro atoms. The van der Waals surface area contributed by atoms with Gasteiger partial charge >= 0.3 is 0 Å². The van der Waals surface area contributed by atoms with Gasteiger partial charge in [-0.1, -0.05) is 127 Å². The van der Waals surface area contributed by atoms with Crippen LogP contribution in [-0.2, 0) is 0 Å². The highest BCUT2D eigenvalue weighted by atomic mass is 32.1. The lowest BCUT2D eigenvalue weighted by molar-refractivity contribution is 0.670. The van der Waals surface area contributed by atoms with Gasteiger partial charge in [0.15, 0.2) is 17.5 Å². The quantitative estimate of drug-likeness (QED) is 0.204. The molecule has 0 aliphatic carbocycles. The average molecular weight is 592 g/mol. The molecule has 0 radical (unpaired) electrons. The topological polar surface area (TPSA) is 51.8 Å². The molecule has 0 unspecified atom stereocenters. The van der Waals surface area contributed by atoms with Crippen molar-refractivity contribution >= 4 is 53.4 Å². The molecule has 9 aromatic rings. The van der Waals surface area contributed by atoms with Gasteiger partial charge in [-0.3, -0.25) is 0 Å². The molecule has 4 nitrogen and oxygen atoms in total. The van der Waals surface area contributed by atoms with Crippen LogP contribution >= 0.6 is 11.3 Å². The van der Waals surface area contributed by atoms with Gasteiger partial charge in [-0.15, -0.1) is 11.3 Å². The Labute approximate surface area is 271 Å². The monoisotopic (exact) mass is 591 g/mol. The third-order valence-corrected chi connectivity index (χ3v) is 8.76. The molecular weight excluding hydrogens is 559 g/mol. The summed E-state index contributed by atoms with van der Waals surface area (Å²) >= 11 is 1.70. The van der Waals surface area contributed by atoms with Crippen LogP contribution in [-0.4, -0.2) is 15.0 Å². The van der Waals surface area contributed by atoms with Crippen LogP contribution in [0.5, 0.6) is 0 Å². The van der Waals surface area contributed by atoms with Crippen molar-refractivity contribution < 1.29 is 18.1 Å². The van der Waals surface area contributed by atoms with Gasteiger partial charge in [0.25, 0.3) is 0 Å². The normalized spacial score (nSPS) is 14.8. The molecule has 0 atom stereocenters. The second-order valence-corrected chi connectivity index (χ2v) is 11.1. The fourth-order valence-electron chi connectivity index (χ4n) is 5.61. The minimum absolute atomic E-state index is 0.0635. The molecule has 6 aromatic carbocycles. The fraction of sp³-hybridized carbons (Fsp3) is 0. The van der Waals surface area contributed by atoms with Crippen LogP contribution in [0, 0.1) is 0 Å². The van der Waals surface area contributed by atoms with E-state index >= 15 is 0 Å². The third kappa shape index (κ3) is 3.94. The number of benzene rings is 6. The van der Waals surface area contributed by atoms with Gasteiger partial charge in [-0.05, 0) is 12.1 Å². The van der Waals surface area contributed by atoms with E-state index in [0.717, 1.165) is 37.4 Å². The maximum absolute atomic E-state index is 8.66. The molecule has 0 bridgehead atoms. The van der Waals surface area contributed by atoms with Crippen molar-refractivity contribution in [3.8, 4) is 45.3 Å². The first kappa shape index (κ1) is 16.8. The molecule has 0 saturated heterocycles. The number of para-hydroxylation sites is 2. The number of thiophene rings is 1. The highest BCUT2D eigenvalue weighted by Gasteiger charge is 2.20. The number of fused-ring (bicyclic) bond motifs is 6. The molecule has 9 rings (SSSR count). The standard InChI is InChI=1S/C39H23N3OS/c1-3-12-24(13-4-1)37-40-38(25-14-5-2-6-15-25)42-39(41-37)32-22-10-18-28-27-17-9-19-29(34(27)43-35(28)32)31-21-11-20-30-26-16-7-8-23-33(26)44-36(30)31/h1-23H/i1D,2D,3D,4D,5D,6D,12D,13D,14D,15D. The van der Waals surface area contributed by atoms with Gasteiger partial charge in [-0.2, -0.15) is 0 Å². The fourth-order valence-corrected chi connectivity index (χ4v) is 6.84. The van der Waals surface area contributed by atoms with Crippen molar-refractivity contribution in [3.63, 3.8) is 0 Å². The van der Waals surface area contributed by atoms with Crippen LogP contribution in [0.3, 0.4) is 0 Å². The summed E-state index contributed by atoms with van der Waals surface area (Å²) in [4.78, 5) is 13.6. The van der Waals surface area contributed by atoms with Crippen molar-refractivity contribution in [1.29, 1.82) is 0 Å². The van der Waals surface area contributed by atoms with Gasteiger partial charge in [-0.25, -0.2) is 15.0 Å². The van der Waals surface area contributed by atoms with Crippen LogP contribution < -0.4 is 0 Å². The zero-order valence-corrected chi connectivity index (χ0v) is 23.5. The van der Waals surface area contributed by atoms with Gasteiger partial charge in [0.1, 0.15) is 11.2 Å². The SMILES string of the molecule is [2H]c1c([2H])c([2H])c(-c2nc(-c3c([2H])c([2H])c([2H])c([2H])c3[2H])nc(-c3cccc4c3oc3c(-c5cccc6c5sc5ccccc56)cccc34)n2)c([2H])c1[2H]. The van der Waals surface area contributed by atoms with Crippen molar-refractivity contribution in [2.45, 2.75) is 0 Å². The zero-order valence-electron chi connectivity index (χ0n) is 32.7. The van der Waals surface area contributed by atoms with Crippen molar-refractivity contribution in [1.82, 2.24) is 15.0 Å². The molecule has 0 amide bonds. The Hall–Kier alpha value is -5.65. The van der Waals surface area contributed by atoms with E-state index in [1.165, 1.54) is 4.70 Å². The van der Waals surface area contributed by atoms with Crippen LogP contribution in [0.2, 0.25) is 0 Å². The van der Waals surface area contributed by atoms with Crippen molar-refractivity contribution in [2.24, 2.45) is 0 Å². The summed E-state index contributed by atoms with van der Waals surface area (Å²) < 4.78 is 93.0. The van der Waals surface area contributed by atoms with E-state index in [0.29, 0.717) is 16.7 Å². The predicted octanol–water partition coefficient (Wildman–Crippen LogP) is 10.8. The second kappa shape index (κ2) is 9.97. The summed E-state index contributed by atoms with van der Waals surface area (Å²) in [6, 6.07) is 19.7. The largest absolute Gasteiger partial charge is 0.455 e. The van der Waals surface area contributed by atoms with Crippen LogP contribution in [0.25, 0.3) is 87.4 Å². The summed E-state index contributed by atoms with van der Waals surface area (Å²) in [6.07, 6.45) is 0. The summed E-state index contributed by atoms with van der Waals surface area (Å²) in [7, 11) is 0. The van der Waals surface area contributed by atoms with Gasteiger partial charge < -0.3 is 4.42 Å². The smallest absolute Gasteiger partial charge is 0.167 e. The first-order valence-corrected chi connectivity index (χ1v) is 14.5. The highest BCUT2D eigenvalue weighted by Crippen LogP contribution is 2.44. The minimum atomic E-state index is -0.613. The lowest BCUT2D eigenvalue weighted by Crippen LogP contribution is -2.00. The Morgan fingerprint density at radius 1 is 0.477 bits per heavy atom. The highest BCUT2D eigenvalue weighted by molar-refractivity contribution is 7.26. The second-order valence-electron chi connectivity index (χ2n) is 10.1. The number of furan rings is 1. The Kier molecular flexibility index (Phi) is 3.82. The molecule has 0 saturated carbocycles. The number of nitrogens with zero attached hydrogens (tertiary/aromatic N) is 3. The predicted molar refractivity (Wildman–Crippen MR) is 182 cm³/mol. The van der Waals surface area contributed by atoms with E-state index in [-0.39, 0.29) is 28.6 Å². The third-order valence-electron chi connectivity index (χ3n) is 7.54. The minimum Gasteiger partial charge on any atom is -0.455 e. The van der Waals surface area contributed by atoms with E-state index < -0.39 is 60.4 Å². The molecule has 0 N–H and O–H groups in total. The lowest BCUT2D eigenvalue weighted by Gasteiger charge is -2.08. The van der Waals surface area contributed by atoms with E-state index in [2.05, 4.69) is 39.2 Å². The first-order valence-electron chi connectivity index (χ1n) is 18.7.